The predicted octanol–water partition coefficient (Wildman–Crippen LogP) is 2.88. The van der Waals surface area contributed by atoms with Crippen LogP contribution in [0.5, 0.6) is 0 Å². The first-order valence-electron chi connectivity index (χ1n) is 9.68. The van der Waals surface area contributed by atoms with Gasteiger partial charge in [-0.15, -0.1) is 0 Å². The lowest BCUT2D eigenvalue weighted by atomic mass is 9.94. The van der Waals surface area contributed by atoms with Crippen LogP contribution in [0, 0.1) is 11.8 Å². The fraction of sp³-hybridized carbons (Fsp3) is 0.842. The molecular weight excluding hydrogens is 306 g/mol. The van der Waals surface area contributed by atoms with Gasteiger partial charge in [0.25, 0.3) is 5.91 Å². The van der Waals surface area contributed by atoms with E-state index in [9.17, 15) is 4.79 Å². The smallest absolute Gasteiger partial charge is 0.286 e. The lowest BCUT2D eigenvalue weighted by molar-refractivity contribution is -0.150. The van der Waals surface area contributed by atoms with Crippen molar-refractivity contribution in [1.82, 2.24) is 5.32 Å². The van der Waals surface area contributed by atoms with Gasteiger partial charge >= 0.3 is 0 Å². The highest BCUT2D eigenvalue weighted by Crippen LogP contribution is 2.42. The standard InChI is InChI=1S/C19H31NO4/c21-10-4-5-11-23-18-13-15(14-8-9-14)12-17(24-18)19(22)20-16-6-2-1-3-7-16/h12,14-16,18,21H,1-11,13H2,(H,20,22)/t15-,18+/m0/s1. The van der Waals surface area contributed by atoms with Crippen LogP contribution in [0.2, 0.25) is 0 Å². The van der Waals surface area contributed by atoms with Crippen molar-refractivity contribution in [3.63, 3.8) is 0 Å². The minimum Gasteiger partial charge on any atom is -0.459 e. The number of hydrogen-bond donors (Lipinski definition) is 2. The van der Waals surface area contributed by atoms with E-state index in [0.29, 0.717) is 30.2 Å². The van der Waals surface area contributed by atoms with Crippen LogP contribution in [-0.2, 0) is 14.3 Å². The molecule has 0 saturated heterocycles. The summed E-state index contributed by atoms with van der Waals surface area (Å²) in [6, 6.07) is 0.293. The fourth-order valence-corrected chi connectivity index (χ4v) is 3.73. The molecule has 3 rings (SSSR count). The summed E-state index contributed by atoms with van der Waals surface area (Å²) in [6.45, 7) is 0.759. The molecule has 0 spiro atoms. The van der Waals surface area contributed by atoms with E-state index in [2.05, 4.69) is 5.32 Å². The number of unbranched alkanes of at least 4 members (excludes halogenated alkanes) is 1. The summed E-state index contributed by atoms with van der Waals surface area (Å²) in [5.41, 5.74) is 0. The topological polar surface area (TPSA) is 67.8 Å². The van der Waals surface area contributed by atoms with Gasteiger partial charge in [0.05, 0.1) is 6.61 Å². The third-order valence-corrected chi connectivity index (χ3v) is 5.34. The summed E-state index contributed by atoms with van der Waals surface area (Å²) < 4.78 is 11.7. The summed E-state index contributed by atoms with van der Waals surface area (Å²) in [5, 5.41) is 12.0. The zero-order valence-electron chi connectivity index (χ0n) is 14.5. The fourth-order valence-electron chi connectivity index (χ4n) is 3.73. The lowest BCUT2D eigenvalue weighted by Crippen LogP contribution is -2.40. The maximum absolute atomic E-state index is 12.6. The Morgan fingerprint density at radius 1 is 1.21 bits per heavy atom. The van der Waals surface area contributed by atoms with E-state index in [0.717, 1.165) is 32.1 Å². The highest BCUT2D eigenvalue weighted by atomic mass is 16.7. The van der Waals surface area contributed by atoms with Crippen molar-refractivity contribution in [3.8, 4) is 0 Å². The van der Waals surface area contributed by atoms with Gasteiger partial charge in [-0.2, -0.15) is 0 Å². The Balaban J connectivity index is 1.54. The van der Waals surface area contributed by atoms with E-state index in [4.69, 9.17) is 14.6 Å². The quantitative estimate of drug-likeness (QED) is 0.668. The number of nitrogens with one attached hydrogen (secondary N) is 1. The molecule has 0 bridgehead atoms. The van der Waals surface area contributed by atoms with E-state index < -0.39 is 0 Å². The van der Waals surface area contributed by atoms with Crippen LogP contribution >= 0.6 is 0 Å². The Morgan fingerprint density at radius 3 is 2.71 bits per heavy atom. The third kappa shape index (κ3) is 5.21. The molecular formula is C19H31NO4. The number of amides is 1. The number of ether oxygens (including phenoxy) is 2. The number of rotatable bonds is 8. The van der Waals surface area contributed by atoms with E-state index in [1.165, 1.54) is 32.1 Å². The number of allylic oxidation sites excluding steroid dienone is 1. The number of carbonyl (C=O) groups excluding carboxylic acids is 1. The summed E-state index contributed by atoms with van der Waals surface area (Å²) in [5.74, 6) is 1.47. The van der Waals surface area contributed by atoms with Gasteiger partial charge in [-0.25, -0.2) is 0 Å². The second-order valence-corrected chi connectivity index (χ2v) is 7.43. The molecule has 2 atom stereocenters. The Kier molecular flexibility index (Phi) is 6.55. The van der Waals surface area contributed by atoms with E-state index in [-0.39, 0.29) is 18.8 Å². The van der Waals surface area contributed by atoms with Crippen LogP contribution < -0.4 is 5.32 Å². The molecule has 0 aromatic carbocycles. The second-order valence-electron chi connectivity index (χ2n) is 7.43. The average molecular weight is 337 g/mol. The van der Waals surface area contributed by atoms with Gasteiger partial charge in [0, 0.05) is 19.1 Å². The minimum absolute atomic E-state index is 0.0730. The third-order valence-electron chi connectivity index (χ3n) is 5.34. The molecule has 5 heteroatoms. The maximum atomic E-state index is 12.6. The molecule has 2 aliphatic carbocycles. The van der Waals surface area contributed by atoms with Crippen LogP contribution in [-0.4, -0.2) is 36.6 Å². The lowest BCUT2D eigenvalue weighted by Gasteiger charge is -2.30. The Hall–Kier alpha value is -1.07. The summed E-state index contributed by atoms with van der Waals surface area (Å²) in [4.78, 5) is 12.6. The monoisotopic (exact) mass is 337 g/mol. The summed E-state index contributed by atoms with van der Waals surface area (Å²) in [6.07, 6.45) is 12.4. The van der Waals surface area contributed by atoms with Gasteiger partial charge in [-0.05, 0) is 56.4 Å². The van der Waals surface area contributed by atoms with Crippen molar-refractivity contribution >= 4 is 5.91 Å². The van der Waals surface area contributed by atoms with E-state index in [1.54, 1.807) is 0 Å². The van der Waals surface area contributed by atoms with Crippen molar-refractivity contribution in [2.45, 2.75) is 76.5 Å². The molecule has 1 aliphatic heterocycles. The van der Waals surface area contributed by atoms with Gasteiger partial charge in [0.1, 0.15) is 0 Å². The van der Waals surface area contributed by atoms with Crippen molar-refractivity contribution in [2.75, 3.05) is 13.2 Å². The van der Waals surface area contributed by atoms with Crippen LogP contribution in [0.15, 0.2) is 11.8 Å². The van der Waals surface area contributed by atoms with Crippen LogP contribution in [0.3, 0.4) is 0 Å². The zero-order chi connectivity index (χ0) is 16.8. The number of hydrogen-bond acceptors (Lipinski definition) is 4. The van der Waals surface area contributed by atoms with Crippen LogP contribution in [0.25, 0.3) is 0 Å². The van der Waals surface area contributed by atoms with Crippen LogP contribution in [0.4, 0.5) is 0 Å². The average Bonchev–Trinajstić information content (AvgIpc) is 3.44. The highest BCUT2D eigenvalue weighted by molar-refractivity contribution is 5.91. The molecule has 2 N–H and O–H groups in total. The molecule has 0 radical (unpaired) electrons. The van der Waals surface area contributed by atoms with Crippen molar-refractivity contribution in [3.05, 3.63) is 11.8 Å². The Labute approximate surface area is 144 Å². The zero-order valence-corrected chi connectivity index (χ0v) is 14.5. The number of aliphatic hydroxyl groups excluding tert-OH is 1. The van der Waals surface area contributed by atoms with E-state index in [1.807, 2.05) is 6.08 Å². The minimum atomic E-state index is -0.327. The molecule has 0 aromatic heterocycles. The van der Waals surface area contributed by atoms with Crippen molar-refractivity contribution in [1.29, 1.82) is 0 Å². The first kappa shape index (κ1) is 17.7. The summed E-state index contributed by atoms with van der Waals surface area (Å²) in [7, 11) is 0. The molecule has 5 nitrogen and oxygen atoms in total. The summed E-state index contributed by atoms with van der Waals surface area (Å²) >= 11 is 0. The molecule has 3 aliphatic rings. The molecule has 0 unspecified atom stereocenters. The van der Waals surface area contributed by atoms with Crippen molar-refractivity contribution in [2.24, 2.45) is 11.8 Å². The van der Waals surface area contributed by atoms with Gasteiger partial charge in [0.15, 0.2) is 5.76 Å². The molecule has 24 heavy (non-hydrogen) atoms. The van der Waals surface area contributed by atoms with Gasteiger partial charge in [0.2, 0.25) is 6.29 Å². The van der Waals surface area contributed by atoms with Gasteiger partial charge in [-0.1, -0.05) is 19.3 Å². The molecule has 1 heterocycles. The second kappa shape index (κ2) is 8.86. The maximum Gasteiger partial charge on any atom is 0.286 e. The Bertz CT molecular complexity index is 441. The van der Waals surface area contributed by atoms with Crippen molar-refractivity contribution < 1.29 is 19.4 Å². The van der Waals surface area contributed by atoms with E-state index >= 15 is 0 Å². The first-order chi connectivity index (χ1) is 11.8. The highest BCUT2D eigenvalue weighted by Gasteiger charge is 2.37. The largest absolute Gasteiger partial charge is 0.459 e. The molecule has 1 amide bonds. The molecule has 136 valence electrons. The molecule has 0 aromatic rings. The Morgan fingerprint density at radius 2 is 2.00 bits per heavy atom. The van der Waals surface area contributed by atoms with Crippen LogP contribution in [0.1, 0.15) is 64.2 Å². The number of carbonyl (C=O) groups is 1. The first-order valence-corrected chi connectivity index (χ1v) is 9.68. The predicted molar refractivity (Wildman–Crippen MR) is 91.1 cm³/mol. The molecule has 2 saturated carbocycles. The normalized spacial score (nSPS) is 28.1. The van der Waals surface area contributed by atoms with Gasteiger partial charge < -0.3 is 19.9 Å². The molecule has 2 fully saturated rings. The SMILES string of the molecule is O=C(NC1CCCCC1)C1=C[C@H](C2CC2)C[C@H](OCCCCO)O1. The van der Waals surface area contributed by atoms with Gasteiger partial charge in [-0.3, -0.25) is 4.79 Å². The number of aliphatic hydroxyl groups is 1.